The van der Waals surface area contributed by atoms with E-state index in [0.29, 0.717) is 17.5 Å². The van der Waals surface area contributed by atoms with Crippen LogP contribution in [-0.2, 0) is 0 Å². The zero-order valence-electron chi connectivity index (χ0n) is 10.9. The van der Waals surface area contributed by atoms with Gasteiger partial charge in [-0.2, -0.15) is 0 Å². The van der Waals surface area contributed by atoms with Crippen LogP contribution in [0.3, 0.4) is 0 Å². The highest BCUT2D eigenvalue weighted by Gasteiger charge is 2.09. The van der Waals surface area contributed by atoms with E-state index < -0.39 is 0 Å². The maximum Gasteiger partial charge on any atom is 0.146 e. The molecule has 3 heteroatoms. The summed E-state index contributed by atoms with van der Waals surface area (Å²) in [5, 5.41) is 3.25. The lowest BCUT2D eigenvalue weighted by Crippen LogP contribution is -2.19. The summed E-state index contributed by atoms with van der Waals surface area (Å²) in [6.45, 7) is 4.28. The van der Waals surface area contributed by atoms with Gasteiger partial charge in [-0.1, -0.05) is 26.7 Å². The van der Waals surface area contributed by atoms with Gasteiger partial charge in [0.2, 0.25) is 0 Å². The molecule has 0 bridgehead atoms. The monoisotopic (exact) mass is 239 g/mol. The van der Waals surface area contributed by atoms with E-state index in [4.69, 9.17) is 4.74 Å². The maximum atomic E-state index is 13.6. The van der Waals surface area contributed by atoms with Gasteiger partial charge in [0.25, 0.3) is 0 Å². The van der Waals surface area contributed by atoms with E-state index in [2.05, 4.69) is 19.2 Å². The highest BCUT2D eigenvalue weighted by molar-refractivity contribution is 5.50. The van der Waals surface area contributed by atoms with Crippen molar-refractivity contribution in [3.05, 3.63) is 24.0 Å². The van der Waals surface area contributed by atoms with Crippen molar-refractivity contribution in [2.24, 2.45) is 0 Å². The zero-order chi connectivity index (χ0) is 12.7. The molecule has 0 radical (unpaired) electrons. The van der Waals surface area contributed by atoms with Gasteiger partial charge in [0, 0.05) is 12.1 Å². The molecule has 0 heterocycles. The van der Waals surface area contributed by atoms with Crippen LogP contribution in [0.25, 0.3) is 0 Å². The van der Waals surface area contributed by atoms with Crippen LogP contribution in [-0.4, -0.2) is 13.2 Å². The fourth-order valence-electron chi connectivity index (χ4n) is 1.79. The summed E-state index contributed by atoms with van der Waals surface area (Å²) in [5.74, 6) is 0.458. The fourth-order valence-corrected chi connectivity index (χ4v) is 1.79. The standard InChI is InChI=1S/C14H22FNO/c1-4-6-7-11(5-2)16-14-10-12(17-3)8-9-13(14)15/h8-11,16H,4-7H2,1-3H3. The van der Waals surface area contributed by atoms with Gasteiger partial charge in [-0.25, -0.2) is 4.39 Å². The molecule has 0 aliphatic carbocycles. The molecule has 1 rings (SSSR count). The maximum absolute atomic E-state index is 13.6. The molecule has 0 aromatic heterocycles. The minimum Gasteiger partial charge on any atom is -0.497 e. The summed E-state index contributed by atoms with van der Waals surface area (Å²) >= 11 is 0. The molecule has 1 atom stereocenters. The van der Waals surface area contributed by atoms with Crippen LogP contribution in [0.5, 0.6) is 5.75 Å². The van der Waals surface area contributed by atoms with Crippen molar-refractivity contribution in [3.8, 4) is 5.75 Å². The Bertz CT molecular complexity index is 341. The second-order valence-corrected chi connectivity index (χ2v) is 4.24. The smallest absolute Gasteiger partial charge is 0.146 e. The molecule has 0 aliphatic heterocycles. The molecule has 0 fully saturated rings. The number of unbranched alkanes of at least 4 members (excludes halogenated alkanes) is 1. The van der Waals surface area contributed by atoms with Crippen LogP contribution >= 0.6 is 0 Å². The zero-order valence-corrected chi connectivity index (χ0v) is 10.9. The first-order valence-electron chi connectivity index (χ1n) is 6.31. The van der Waals surface area contributed by atoms with E-state index in [1.807, 2.05) is 0 Å². The Labute approximate surface area is 103 Å². The predicted molar refractivity (Wildman–Crippen MR) is 70.2 cm³/mol. The second-order valence-electron chi connectivity index (χ2n) is 4.24. The Balaban J connectivity index is 2.70. The number of benzene rings is 1. The van der Waals surface area contributed by atoms with Gasteiger partial charge in [-0.05, 0) is 25.0 Å². The molecule has 1 aromatic rings. The number of ether oxygens (including phenoxy) is 1. The van der Waals surface area contributed by atoms with Crippen LogP contribution in [0.4, 0.5) is 10.1 Å². The average molecular weight is 239 g/mol. The lowest BCUT2D eigenvalue weighted by molar-refractivity contribution is 0.414. The van der Waals surface area contributed by atoms with Gasteiger partial charge in [0.05, 0.1) is 12.8 Å². The van der Waals surface area contributed by atoms with Crippen molar-refractivity contribution < 1.29 is 9.13 Å². The molecule has 0 amide bonds. The van der Waals surface area contributed by atoms with Crippen molar-refractivity contribution in [1.82, 2.24) is 0 Å². The van der Waals surface area contributed by atoms with Crippen LogP contribution in [0.15, 0.2) is 18.2 Å². The van der Waals surface area contributed by atoms with Gasteiger partial charge < -0.3 is 10.1 Å². The van der Waals surface area contributed by atoms with Gasteiger partial charge in [0.15, 0.2) is 0 Å². The Kier molecular flexibility index (Phi) is 5.81. The third-order valence-electron chi connectivity index (χ3n) is 2.93. The highest BCUT2D eigenvalue weighted by Crippen LogP contribution is 2.23. The van der Waals surface area contributed by atoms with Crippen molar-refractivity contribution in [2.45, 2.75) is 45.6 Å². The summed E-state index contributed by atoms with van der Waals surface area (Å²) in [4.78, 5) is 0. The predicted octanol–water partition coefficient (Wildman–Crippen LogP) is 4.22. The molecule has 0 spiro atoms. The number of nitrogens with one attached hydrogen (secondary N) is 1. The number of halogens is 1. The average Bonchev–Trinajstić information content (AvgIpc) is 2.36. The van der Waals surface area contributed by atoms with Crippen molar-refractivity contribution >= 4 is 5.69 Å². The number of hydrogen-bond acceptors (Lipinski definition) is 2. The minimum atomic E-state index is -0.222. The number of anilines is 1. The molecule has 0 saturated carbocycles. The topological polar surface area (TPSA) is 21.3 Å². The highest BCUT2D eigenvalue weighted by atomic mass is 19.1. The Morgan fingerprint density at radius 1 is 1.35 bits per heavy atom. The van der Waals surface area contributed by atoms with Crippen molar-refractivity contribution in [1.29, 1.82) is 0 Å². The first-order valence-corrected chi connectivity index (χ1v) is 6.31. The van der Waals surface area contributed by atoms with Gasteiger partial charge in [0.1, 0.15) is 11.6 Å². The molecule has 1 N–H and O–H groups in total. The van der Waals surface area contributed by atoms with E-state index in [-0.39, 0.29) is 5.82 Å². The fraction of sp³-hybridized carbons (Fsp3) is 0.571. The summed E-state index contributed by atoms with van der Waals surface area (Å²) in [5.41, 5.74) is 0.535. The normalized spacial score (nSPS) is 12.2. The largest absolute Gasteiger partial charge is 0.497 e. The lowest BCUT2D eigenvalue weighted by atomic mass is 10.1. The molecule has 2 nitrogen and oxygen atoms in total. The number of rotatable bonds is 7. The quantitative estimate of drug-likeness (QED) is 0.769. The van der Waals surface area contributed by atoms with Crippen LogP contribution in [0.2, 0.25) is 0 Å². The third kappa shape index (κ3) is 4.25. The first kappa shape index (κ1) is 13.8. The first-order chi connectivity index (χ1) is 8.21. The van der Waals surface area contributed by atoms with E-state index in [0.717, 1.165) is 19.3 Å². The van der Waals surface area contributed by atoms with Gasteiger partial charge in [-0.3, -0.25) is 0 Å². The Morgan fingerprint density at radius 2 is 2.12 bits per heavy atom. The molecule has 1 aromatic carbocycles. The number of methoxy groups -OCH3 is 1. The summed E-state index contributed by atoms with van der Waals surface area (Å²) in [6.07, 6.45) is 4.40. The van der Waals surface area contributed by atoms with Crippen molar-refractivity contribution in [3.63, 3.8) is 0 Å². The minimum absolute atomic E-state index is 0.222. The van der Waals surface area contributed by atoms with Crippen LogP contribution in [0, 0.1) is 5.82 Å². The number of hydrogen-bond donors (Lipinski definition) is 1. The summed E-state index contributed by atoms with van der Waals surface area (Å²) < 4.78 is 18.7. The molecular formula is C14H22FNO. The second kappa shape index (κ2) is 7.15. The van der Waals surface area contributed by atoms with E-state index >= 15 is 0 Å². The van der Waals surface area contributed by atoms with Crippen LogP contribution in [0.1, 0.15) is 39.5 Å². The molecular weight excluding hydrogens is 217 g/mol. The van der Waals surface area contributed by atoms with Crippen LogP contribution < -0.4 is 10.1 Å². The SMILES string of the molecule is CCCCC(CC)Nc1cc(OC)ccc1F. The molecule has 1 unspecified atom stereocenters. The lowest BCUT2D eigenvalue weighted by Gasteiger charge is -2.18. The van der Waals surface area contributed by atoms with E-state index in [1.54, 1.807) is 19.2 Å². The van der Waals surface area contributed by atoms with Crippen molar-refractivity contribution in [2.75, 3.05) is 12.4 Å². The molecule has 96 valence electrons. The van der Waals surface area contributed by atoms with Gasteiger partial charge >= 0.3 is 0 Å². The third-order valence-corrected chi connectivity index (χ3v) is 2.93. The molecule has 0 aliphatic rings. The Hall–Kier alpha value is -1.25. The van der Waals surface area contributed by atoms with E-state index in [9.17, 15) is 4.39 Å². The molecule has 17 heavy (non-hydrogen) atoms. The summed E-state index contributed by atoms with van der Waals surface area (Å²) in [7, 11) is 1.59. The Morgan fingerprint density at radius 3 is 2.71 bits per heavy atom. The molecule has 0 saturated heterocycles. The van der Waals surface area contributed by atoms with Gasteiger partial charge in [-0.15, -0.1) is 0 Å². The summed E-state index contributed by atoms with van der Waals surface area (Å²) in [6, 6.07) is 5.11. The van der Waals surface area contributed by atoms with E-state index in [1.165, 1.54) is 12.5 Å².